The average Bonchev–Trinajstić information content (AvgIpc) is 2.76. The SMILES string of the molecule is CCCCN1N=C(C)SC1=CC(=O)c1ccccc1Cl. The predicted octanol–water partition coefficient (Wildman–Crippen LogP) is 4.55. The fourth-order valence-electron chi connectivity index (χ4n) is 1.87. The standard InChI is InChI=1S/C15H17ClN2OS/c1-3-4-9-18-15(20-11(2)17-18)10-14(19)12-7-5-6-8-13(12)16/h5-8,10H,3-4,9H2,1-2H3. The van der Waals surface area contributed by atoms with Gasteiger partial charge in [-0.05, 0) is 25.5 Å². The highest BCUT2D eigenvalue weighted by Gasteiger charge is 2.20. The molecule has 0 unspecified atom stereocenters. The number of hydrogen-bond acceptors (Lipinski definition) is 4. The summed E-state index contributed by atoms with van der Waals surface area (Å²) in [6.45, 7) is 4.92. The van der Waals surface area contributed by atoms with Gasteiger partial charge in [0, 0.05) is 18.2 Å². The first-order valence-corrected chi connectivity index (χ1v) is 7.82. The van der Waals surface area contributed by atoms with E-state index < -0.39 is 0 Å². The van der Waals surface area contributed by atoms with E-state index in [9.17, 15) is 4.79 Å². The first kappa shape index (κ1) is 15.1. The molecule has 0 atom stereocenters. The van der Waals surface area contributed by atoms with Crippen LogP contribution in [0.1, 0.15) is 37.0 Å². The molecule has 3 nitrogen and oxygen atoms in total. The fraction of sp³-hybridized carbons (Fsp3) is 0.333. The van der Waals surface area contributed by atoms with Crippen molar-refractivity contribution in [3.8, 4) is 0 Å². The molecule has 1 aromatic rings. The van der Waals surface area contributed by atoms with Crippen molar-refractivity contribution < 1.29 is 4.79 Å². The molecule has 0 saturated carbocycles. The van der Waals surface area contributed by atoms with E-state index in [1.165, 1.54) is 11.8 Å². The minimum Gasteiger partial charge on any atom is -0.289 e. The Balaban J connectivity index is 2.17. The lowest BCUT2D eigenvalue weighted by Gasteiger charge is -2.14. The summed E-state index contributed by atoms with van der Waals surface area (Å²) in [5.41, 5.74) is 0.530. The van der Waals surface area contributed by atoms with E-state index in [1.54, 1.807) is 18.2 Å². The van der Waals surface area contributed by atoms with E-state index in [0.717, 1.165) is 29.5 Å². The van der Waals surface area contributed by atoms with Gasteiger partial charge in [-0.25, -0.2) is 0 Å². The second kappa shape index (κ2) is 6.95. The molecule has 106 valence electrons. The van der Waals surface area contributed by atoms with E-state index in [2.05, 4.69) is 12.0 Å². The van der Waals surface area contributed by atoms with Gasteiger partial charge in [0.05, 0.1) is 10.1 Å². The Bertz CT molecular complexity index is 569. The number of halogens is 1. The summed E-state index contributed by atoms with van der Waals surface area (Å²) in [4.78, 5) is 12.3. The molecule has 0 fully saturated rings. The zero-order valence-corrected chi connectivity index (χ0v) is 13.2. The lowest BCUT2D eigenvalue weighted by molar-refractivity contribution is 0.104. The van der Waals surface area contributed by atoms with E-state index >= 15 is 0 Å². The molecule has 0 spiro atoms. The number of nitrogens with zero attached hydrogens (tertiary/aromatic N) is 2. The zero-order valence-electron chi connectivity index (χ0n) is 11.6. The fourth-order valence-corrected chi connectivity index (χ4v) is 2.94. The summed E-state index contributed by atoms with van der Waals surface area (Å²) in [7, 11) is 0. The highest BCUT2D eigenvalue weighted by molar-refractivity contribution is 8.17. The molecule has 0 bridgehead atoms. The van der Waals surface area contributed by atoms with Crippen LogP contribution < -0.4 is 0 Å². The van der Waals surface area contributed by atoms with Gasteiger partial charge in [-0.15, -0.1) is 0 Å². The van der Waals surface area contributed by atoms with E-state index in [4.69, 9.17) is 11.6 Å². The van der Waals surface area contributed by atoms with Crippen LogP contribution in [0, 0.1) is 0 Å². The Kier molecular flexibility index (Phi) is 5.26. The number of carbonyl (C=O) groups is 1. The van der Waals surface area contributed by atoms with Gasteiger partial charge in [-0.3, -0.25) is 9.80 Å². The predicted molar refractivity (Wildman–Crippen MR) is 86.2 cm³/mol. The number of ketones is 1. The van der Waals surface area contributed by atoms with Crippen molar-refractivity contribution in [2.75, 3.05) is 6.54 Å². The number of allylic oxidation sites excluding steroid dienone is 1. The monoisotopic (exact) mass is 308 g/mol. The van der Waals surface area contributed by atoms with Crippen molar-refractivity contribution in [3.63, 3.8) is 0 Å². The maximum Gasteiger partial charge on any atom is 0.190 e. The number of carbonyl (C=O) groups excluding carboxylic acids is 1. The third-order valence-electron chi connectivity index (χ3n) is 2.89. The molecule has 20 heavy (non-hydrogen) atoms. The Morgan fingerprint density at radius 1 is 1.45 bits per heavy atom. The molecule has 0 aliphatic carbocycles. The largest absolute Gasteiger partial charge is 0.289 e. The average molecular weight is 309 g/mol. The summed E-state index contributed by atoms with van der Waals surface area (Å²) < 4.78 is 0. The molecule has 0 saturated heterocycles. The summed E-state index contributed by atoms with van der Waals surface area (Å²) in [6, 6.07) is 7.10. The van der Waals surface area contributed by atoms with Crippen LogP contribution >= 0.6 is 23.4 Å². The molecule has 0 N–H and O–H groups in total. The molecule has 0 aromatic heterocycles. The number of benzene rings is 1. The minimum absolute atomic E-state index is 0.0792. The molecule has 0 amide bonds. The number of unbranched alkanes of at least 4 members (excludes halogenated alkanes) is 1. The van der Waals surface area contributed by atoms with Gasteiger partial charge >= 0.3 is 0 Å². The lowest BCUT2D eigenvalue weighted by Crippen LogP contribution is -2.14. The second-order valence-corrected chi connectivity index (χ2v) is 6.14. The first-order chi connectivity index (χ1) is 9.61. The highest BCUT2D eigenvalue weighted by atomic mass is 35.5. The number of hydrazone groups is 1. The van der Waals surface area contributed by atoms with Crippen molar-refractivity contribution in [1.82, 2.24) is 5.01 Å². The normalized spacial score (nSPS) is 16.6. The smallest absolute Gasteiger partial charge is 0.190 e. The third kappa shape index (κ3) is 3.64. The van der Waals surface area contributed by atoms with Crippen LogP contribution in [0.3, 0.4) is 0 Å². The number of rotatable bonds is 5. The molecule has 0 radical (unpaired) electrons. The molecular weight excluding hydrogens is 292 g/mol. The Morgan fingerprint density at radius 3 is 2.90 bits per heavy atom. The van der Waals surface area contributed by atoms with Gasteiger partial charge < -0.3 is 0 Å². The van der Waals surface area contributed by atoms with Crippen LogP contribution in [-0.4, -0.2) is 22.4 Å². The van der Waals surface area contributed by atoms with E-state index in [-0.39, 0.29) is 5.78 Å². The van der Waals surface area contributed by atoms with Crippen LogP contribution in [0.25, 0.3) is 0 Å². The number of hydrogen-bond donors (Lipinski definition) is 0. The quantitative estimate of drug-likeness (QED) is 0.591. The maximum absolute atomic E-state index is 12.3. The zero-order chi connectivity index (χ0) is 14.5. The lowest BCUT2D eigenvalue weighted by atomic mass is 10.1. The van der Waals surface area contributed by atoms with Crippen LogP contribution in [0.4, 0.5) is 0 Å². The second-order valence-electron chi connectivity index (χ2n) is 4.52. The first-order valence-electron chi connectivity index (χ1n) is 6.63. The summed E-state index contributed by atoms with van der Waals surface area (Å²) in [5, 5.41) is 8.65. The van der Waals surface area contributed by atoms with E-state index in [1.807, 2.05) is 24.1 Å². The van der Waals surface area contributed by atoms with Crippen LogP contribution in [0.15, 0.2) is 40.5 Å². The number of thioether (sulfide) groups is 1. The van der Waals surface area contributed by atoms with Gasteiger partial charge in [0.2, 0.25) is 0 Å². The van der Waals surface area contributed by atoms with Gasteiger partial charge in [0.25, 0.3) is 0 Å². The Morgan fingerprint density at radius 2 is 2.20 bits per heavy atom. The van der Waals surface area contributed by atoms with Crippen LogP contribution in [-0.2, 0) is 0 Å². The van der Waals surface area contributed by atoms with Crippen molar-refractivity contribution in [1.29, 1.82) is 0 Å². The summed E-state index contributed by atoms with van der Waals surface area (Å²) in [5.74, 6) is -0.0792. The Labute approximate surface area is 128 Å². The molecule has 2 rings (SSSR count). The minimum atomic E-state index is -0.0792. The van der Waals surface area contributed by atoms with Crippen molar-refractivity contribution in [2.24, 2.45) is 5.10 Å². The third-order valence-corrected chi connectivity index (χ3v) is 4.13. The molecule has 5 heteroatoms. The topological polar surface area (TPSA) is 32.7 Å². The van der Waals surface area contributed by atoms with Gasteiger partial charge in [-0.1, -0.05) is 48.8 Å². The molecular formula is C15H17ClN2OS. The van der Waals surface area contributed by atoms with Crippen molar-refractivity contribution >= 4 is 34.2 Å². The maximum atomic E-state index is 12.3. The van der Waals surface area contributed by atoms with Crippen molar-refractivity contribution in [2.45, 2.75) is 26.7 Å². The molecule has 1 aliphatic heterocycles. The van der Waals surface area contributed by atoms with Crippen LogP contribution in [0.5, 0.6) is 0 Å². The summed E-state index contributed by atoms with van der Waals surface area (Å²) >= 11 is 7.58. The van der Waals surface area contributed by atoms with Gasteiger partial charge in [-0.2, -0.15) is 5.10 Å². The van der Waals surface area contributed by atoms with Gasteiger partial charge in [0.15, 0.2) is 5.78 Å². The summed E-state index contributed by atoms with van der Waals surface area (Å²) in [6.07, 6.45) is 3.78. The molecule has 1 aromatic carbocycles. The molecule has 1 heterocycles. The Hall–Kier alpha value is -1.26. The van der Waals surface area contributed by atoms with Gasteiger partial charge in [0.1, 0.15) is 5.03 Å². The van der Waals surface area contributed by atoms with E-state index in [0.29, 0.717) is 10.6 Å². The molecule has 1 aliphatic rings. The highest BCUT2D eigenvalue weighted by Crippen LogP contribution is 2.30. The van der Waals surface area contributed by atoms with Crippen molar-refractivity contribution in [3.05, 3.63) is 46.0 Å². The van der Waals surface area contributed by atoms with Crippen LogP contribution in [0.2, 0.25) is 5.02 Å².